The highest BCUT2D eigenvalue weighted by Crippen LogP contribution is 2.10. The van der Waals surface area contributed by atoms with Crippen LogP contribution in [0.15, 0.2) is 39.8 Å². The first-order valence-electron chi connectivity index (χ1n) is 6.35. The average molecular weight is 327 g/mol. The van der Waals surface area contributed by atoms with E-state index in [0.29, 0.717) is 5.76 Å². The summed E-state index contributed by atoms with van der Waals surface area (Å²) in [6.45, 7) is 1.59. The standard InChI is InChI=1S/C13H14FN3O4S/c1-9-8-12(17-21-9)16-13(18)6-7-15-22(19,20)11-4-2-10(14)3-5-11/h2-5,8,15H,6-7H2,1H3,(H,16,17,18). The second kappa shape index (κ2) is 6.67. The largest absolute Gasteiger partial charge is 0.360 e. The van der Waals surface area contributed by atoms with Gasteiger partial charge in [-0.1, -0.05) is 5.16 Å². The molecule has 0 aliphatic heterocycles. The van der Waals surface area contributed by atoms with Gasteiger partial charge in [0.15, 0.2) is 5.82 Å². The molecule has 0 radical (unpaired) electrons. The number of aromatic nitrogens is 1. The Hall–Kier alpha value is -2.26. The third-order valence-corrected chi connectivity index (χ3v) is 4.14. The Morgan fingerprint density at radius 3 is 2.59 bits per heavy atom. The normalized spacial score (nSPS) is 11.4. The van der Waals surface area contributed by atoms with E-state index in [1.54, 1.807) is 13.0 Å². The molecule has 22 heavy (non-hydrogen) atoms. The summed E-state index contributed by atoms with van der Waals surface area (Å²) in [4.78, 5) is 11.5. The lowest BCUT2D eigenvalue weighted by molar-refractivity contribution is -0.116. The van der Waals surface area contributed by atoms with E-state index in [2.05, 4.69) is 15.2 Å². The number of carbonyl (C=O) groups is 1. The van der Waals surface area contributed by atoms with Gasteiger partial charge in [-0.15, -0.1) is 0 Å². The Bertz CT molecular complexity index is 756. The number of carbonyl (C=O) groups excluding carboxylic acids is 1. The molecule has 0 saturated heterocycles. The van der Waals surface area contributed by atoms with Crippen molar-refractivity contribution in [2.45, 2.75) is 18.2 Å². The van der Waals surface area contributed by atoms with Gasteiger partial charge >= 0.3 is 0 Å². The molecule has 0 atom stereocenters. The third kappa shape index (κ3) is 4.37. The molecule has 0 unspecified atom stereocenters. The molecular formula is C13H14FN3O4S. The van der Waals surface area contributed by atoms with Gasteiger partial charge in [0, 0.05) is 19.0 Å². The predicted octanol–water partition coefficient (Wildman–Crippen LogP) is 1.43. The maximum absolute atomic E-state index is 12.8. The van der Waals surface area contributed by atoms with Gasteiger partial charge < -0.3 is 9.84 Å². The van der Waals surface area contributed by atoms with Crippen molar-refractivity contribution >= 4 is 21.7 Å². The van der Waals surface area contributed by atoms with Crippen LogP contribution in [-0.4, -0.2) is 26.0 Å². The number of sulfonamides is 1. The van der Waals surface area contributed by atoms with Crippen molar-refractivity contribution < 1.29 is 22.1 Å². The Balaban J connectivity index is 1.84. The molecule has 0 fully saturated rings. The van der Waals surface area contributed by atoms with Crippen LogP contribution < -0.4 is 10.0 Å². The average Bonchev–Trinajstić information content (AvgIpc) is 2.84. The van der Waals surface area contributed by atoms with E-state index in [0.717, 1.165) is 24.3 Å². The predicted molar refractivity (Wildman–Crippen MR) is 76.1 cm³/mol. The Morgan fingerprint density at radius 2 is 2.00 bits per heavy atom. The van der Waals surface area contributed by atoms with E-state index in [1.165, 1.54) is 0 Å². The Labute approximate surface area is 126 Å². The van der Waals surface area contributed by atoms with Crippen LogP contribution in [0.4, 0.5) is 10.2 Å². The molecule has 118 valence electrons. The molecule has 0 spiro atoms. The quantitative estimate of drug-likeness (QED) is 0.836. The maximum atomic E-state index is 12.8. The van der Waals surface area contributed by atoms with Gasteiger partial charge in [-0.25, -0.2) is 17.5 Å². The molecule has 0 bridgehead atoms. The molecule has 0 aliphatic rings. The number of rotatable bonds is 6. The molecule has 1 aromatic carbocycles. The minimum absolute atomic E-state index is 0.0681. The fourth-order valence-electron chi connectivity index (χ4n) is 1.63. The highest BCUT2D eigenvalue weighted by molar-refractivity contribution is 7.89. The summed E-state index contributed by atoms with van der Waals surface area (Å²) in [6.07, 6.45) is -0.0771. The topological polar surface area (TPSA) is 101 Å². The summed E-state index contributed by atoms with van der Waals surface area (Å²) in [7, 11) is -3.77. The van der Waals surface area contributed by atoms with Crippen LogP contribution in [0.2, 0.25) is 0 Å². The number of anilines is 1. The lowest BCUT2D eigenvalue weighted by Crippen LogP contribution is -2.27. The highest BCUT2D eigenvalue weighted by Gasteiger charge is 2.14. The third-order valence-electron chi connectivity index (χ3n) is 2.66. The summed E-state index contributed by atoms with van der Waals surface area (Å²) in [5.74, 6) is -0.118. The van der Waals surface area contributed by atoms with Crippen LogP contribution in [0.3, 0.4) is 0 Å². The molecule has 1 aromatic heterocycles. The minimum Gasteiger partial charge on any atom is -0.360 e. The van der Waals surface area contributed by atoms with Gasteiger partial charge in [-0.2, -0.15) is 0 Å². The monoisotopic (exact) mass is 327 g/mol. The molecule has 1 amide bonds. The van der Waals surface area contributed by atoms with Crippen molar-refractivity contribution in [1.82, 2.24) is 9.88 Å². The number of benzene rings is 1. The fourth-order valence-corrected chi connectivity index (χ4v) is 2.66. The summed E-state index contributed by atoms with van der Waals surface area (Å²) in [5.41, 5.74) is 0. The van der Waals surface area contributed by atoms with Crippen LogP contribution in [0.5, 0.6) is 0 Å². The Morgan fingerprint density at radius 1 is 1.32 bits per heavy atom. The van der Waals surface area contributed by atoms with Gasteiger partial charge in [0.2, 0.25) is 15.9 Å². The maximum Gasteiger partial charge on any atom is 0.240 e. The van der Waals surface area contributed by atoms with Gasteiger partial charge in [-0.3, -0.25) is 4.79 Å². The van der Waals surface area contributed by atoms with Crippen molar-refractivity contribution in [2.75, 3.05) is 11.9 Å². The number of hydrogen-bond donors (Lipinski definition) is 2. The van der Waals surface area contributed by atoms with Gasteiger partial charge in [-0.05, 0) is 31.2 Å². The van der Waals surface area contributed by atoms with Crippen LogP contribution in [-0.2, 0) is 14.8 Å². The number of aryl methyl sites for hydroxylation is 1. The van der Waals surface area contributed by atoms with Crippen molar-refractivity contribution in [3.8, 4) is 0 Å². The molecular weight excluding hydrogens is 313 g/mol. The van der Waals surface area contributed by atoms with Crippen LogP contribution >= 0.6 is 0 Å². The van der Waals surface area contributed by atoms with Crippen molar-refractivity contribution in [1.29, 1.82) is 0 Å². The first-order chi connectivity index (χ1) is 10.4. The van der Waals surface area contributed by atoms with Crippen molar-refractivity contribution in [2.24, 2.45) is 0 Å². The lowest BCUT2D eigenvalue weighted by atomic mass is 10.4. The van der Waals surface area contributed by atoms with Crippen LogP contribution in [0.25, 0.3) is 0 Å². The van der Waals surface area contributed by atoms with E-state index < -0.39 is 21.7 Å². The smallest absolute Gasteiger partial charge is 0.240 e. The molecule has 2 N–H and O–H groups in total. The van der Waals surface area contributed by atoms with Gasteiger partial charge in [0.25, 0.3) is 0 Å². The van der Waals surface area contributed by atoms with E-state index in [9.17, 15) is 17.6 Å². The first kappa shape index (κ1) is 16.1. The molecule has 9 heteroatoms. The molecule has 2 aromatic rings. The van der Waals surface area contributed by atoms with Crippen molar-refractivity contribution in [3.05, 3.63) is 41.9 Å². The zero-order valence-electron chi connectivity index (χ0n) is 11.7. The molecule has 0 aliphatic carbocycles. The number of nitrogens with zero attached hydrogens (tertiary/aromatic N) is 1. The lowest BCUT2D eigenvalue weighted by Gasteiger charge is -2.06. The van der Waals surface area contributed by atoms with E-state index >= 15 is 0 Å². The second-order valence-corrected chi connectivity index (χ2v) is 6.24. The highest BCUT2D eigenvalue weighted by atomic mass is 32.2. The molecule has 7 nitrogen and oxygen atoms in total. The van der Waals surface area contributed by atoms with E-state index in [4.69, 9.17) is 4.52 Å². The van der Waals surface area contributed by atoms with E-state index in [1.807, 2.05) is 0 Å². The van der Waals surface area contributed by atoms with Gasteiger partial charge in [0.05, 0.1) is 4.90 Å². The number of hydrogen-bond acceptors (Lipinski definition) is 5. The molecule has 0 saturated carbocycles. The number of halogens is 1. The van der Waals surface area contributed by atoms with Gasteiger partial charge in [0.1, 0.15) is 11.6 Å². The Kier molecular flexibility index (Phi) is 4.88. The summed E-state index contributed by atoms with van der Waals surface area (Å²) in [5, 5.41) is 6.06. The van der Waals surface area contributed by atoms with Crippen LogP contribution in [0, 0.1) is 12.7 Å². The second-order valence-electron chi connectivity index (χ2n) is 4.47. The molecule has 2 rings (SSSR count). The van der Waals surface area contributed by atoms with E-state index in [-0.39, 0.29) is 23.7 Å². The SMILES string of the molecule is Cc1cc(NC(=O)CCNS(=O)(=O)c2ccc(F)cc2)no1. The summed E-state index contributed by atoms with van der Waals surface area (Å²) < 4.78 is 43.6. The minimum atomic E-state index is -3.77. The number of nitrogens with one attached hydrogen (secondary N) is 2. The number of amides is 1. The van der Waals surface area contributed by atoms with Crippen molar-refractivity contribution in [3.63, 3.8) is 0 Å². The zero-order chi connectivity index (χ0) is 16.2. The van der Waals surface area contributed by atoms with Crippen LogP contribution in [0.1, 0.15) is 12.2 Å². The summed E-state index contributed by atoms with van der Waals surface area (Å²) >= 11 is 0. The zero-order valence-corrected chi connectivity index (χ0v) is 12.5. The fraction of sp³-hybridized carbons (Fsp3) is 0.231. The first-order valence-corrected chi connectivity index (χ1v) is 7.83. The molecule has 1 heterocycles. The summed E-state index contributed by atoms with van der Waals surface area (Å²) in [6, 6.07) is 5.94.